The second kappa shape index (κ2) is 10.8. The number of halogens is 1. The van der Waals surface area contributed by atoms with Crippen LogP contribution in [-0.2, 0) is 9.84 Å². The molecule has 3 atom stereocenters. The highest BCUT2D eigenvalue weighted by Crippen LogP contribution is 2.21. The fourth-order valence-corrected chi connectivity index (χ4v) is 5.75. The minimum absolute atomic E-state index is 0. The second-order valence-electron chi connectivity index (χ2n) is 6.91. The fourth-order valence-electron chi connectivity index (χ4n) is 3.28. The number of piperidine rings is 1. The summed E-state index contributed by atoms with van der Waals surface area (Å²) in [7, 11) is -3.45. The summed E-state index contributed by atoms with van der Waals surface area (Å²) in [5.41, 5.74) is 0. The molecule has 6 nitrogen and oxygen atoms in total. The number of rotatable bonds is 6. The first-order valence-corrected chi connectivity index (χ1v) is 11.3. The summed E-state index contributed by atoms with van der Waals surface area (Å²) in [6, 6.07) is 3.26. The molecule has 1 aliphatic rings. The lowest BCUT2D eigenvalue weighted by Gasteiger charge is -2.37. The van der Waals surface area contributed by atoms with Gasteiger partial charge in [0.25, 0.3) is 0 Å². The third-order valence-corrected chi connectivity index (χ3v) is 7.45. The number of nitrogens with one attached hydrogen (secondary N) is 1. The van der Waals surface area contributed by atoms with Crippen molar-refractivity contribution in [2.75, 3.05) is 31.9 Å². The van der Waals surface area contributed by atoms with Crippen molar-refractivity contribution >= 4 is 51.1 Å². The highest BCUT2D eigenvalue weighted by molar-refractivity contribution is 14.0. The maximum Gasteiger partial charge on any atom is 0.194 e. The van der Waals surface area contributed by atoms with Crippen LogP contribution in [0.3, 0.4) is 0 Å². The lowest BCUT2D eigenvalue weighted by atomic mass is 9.92. The molecule has 0 saturated carbocycles. The van der Waals surface area contributed by atoms with E-state index in [2.05, 4.69) is 29.1 Å². The van der Waals surface area contributed by atoms with E-state index >= 15 is 0 Å². The Bertz CT molecular complexity index is 655. The van der Waals surface area contributed by atoms with Crippen LogP contribution in [-0.4, -0.2) is 62.4 Å². The van der Waals surface area contributed by atoms with Crippen LogP contribution in [0.4, 0.5) is 0 Å². The summed E-state index contributed by atoms with van der Waals surface area (Å²) in [5.74, 6) is 1.64. The molecule has 2 N–H and O–H groups in total. The van der Waals surface area contributed by atoms with E-state index in [1.807, 2.05) is 6.92 Å². The summed E-state index contributed by atoms with van der Waals surface area (Å²) in [4.78, 5) is 6.70. The molecule has 1 saturated heterocycles. The van der Waals surface area contributed by atoms with Crippen LogP contribution in [0.1, 0.15) is 27.2 Å². The van der Waals surface area contributed by atoms with Crippen molar-refractivity contribution < 1.29 is 13.5 Å². The third-order valence-electron chi connectivity index (χ3n) is 4.17. The van der Waals surface area contributed by atoms with Gasteiger partial charge in [-0.2, -0.15) is 0 Å². The Kier molecular flexibility index (Phi) is 9.84. The summed E-state index contributed by atoms with van der Waals surface area (Å²) in [6.45, 7) is 9.14. The molecule has 0 aliphatic carbocycles. The van der Waals surface area contributed by atoms with E-state index in [4.69, 9.17) is 0 Å². The average molecular weight is 515 g/mol. The summed E-state index contributed by atoms with van der Waals surface area (Å²) < 4.78 is 24.8. The Hall–Kier alpha value is -0.390. The highest BCUT2D eigenvalue weighted by atomic mass is 127. The Balaban J connectivity index is 0.00000338. The number of guanidine groups is 1. The molecular weight excluding hydrogens is 485 g/mol. The monoisotopic (exact) mass is 515 g/mol. The Labute approximate surface area is 178 Å². The van der Waals surface area contributed by atoms with Crippen molar-refractivity contribution in [1.82, 2.24) is 10.2 Å². The summed E-state index contributed by atoms with van der Waals surface area (Å²) >= 11 is 1.17. The Morgan fingerprint density at radius 2 is 2.08 bits per heavy atom. The Morgan fingerprint density at radius 1 is 1.42 bits per heavy atom. The van der Waals surface area contributed by atoms with Gasteiger partial charge in [0.05, 0.1) is 18.4 Å². The maximum atomic E-state index is 12.2. The zero-order chi connectivity index (χ0) is 18.4. The van der Waals surface area contributed by atoms with E-state index in [-0.39, 0.29) is 36.3 Å². The van der Waals surface area contributed by atoms with E-state index < -0.39 is 15.9 Å². The molecule has 1 aromatic heterocycles. The van der Waals surface area contributed by atoms with Crippen LogP contribution in [0.25, 0.3) is 0 Å². The minimum atomic E-state index is -3.45. The minimum Gasteiger partial charge on any atom is -0.390 e. The number of aliphatic hydroxyl groups excluding tert-OH is 1. The summed E-state index contributed by atoms with van der Waals surface area (Å²) in [6.07, 6.45) is 0.192. The SMILES string of the molecule is CCNC(=NCC(O)CS(=O)(=O)c1cccs1)N1CC(C)CC(C)C1.I. The first-order valence-electron chi connectivity index (χ1n) is 8.79. The predicted molar refractivity (Wildman–Crippen MR) is 118 cm³/mol. The van der Waals surface area contributed by atoms with Crippen molar-refractivity contribution in [1.29, 1.82) is 0 Å². The normalized spacial score (nSPS) is 22.6. The smallest absolute Gasteiger partial charge is 0.194 e. The van der Waals surface area contributed by atoms with Gasteiger partial charge in [-0.3, -0.25) is 4.99 Å². The molecule has 1 aromatic rings. The van der Waals surface area contributed by atoms with Crippen LogP contribution in [0.2, 0.25) is 0 Å². The number of sulfone groups is 1. The van der Waals surface area contributed by atoms with Gasteiger partial charge in [-0.05, 0) is 36.6 Å². The summed E-state index contributed by atoms with van der Waals surface area (Å²) in [5, 5.41) is 15.2. The fraction of sp³-hybridized carbons (Fsp3) is 0.706. The van der Waals surface area contributed by atoms with Crippen LogP contribution in [0, 0.1) is 11.8 Å². The van der Waals surface area contributed by atoms with Gasteiger partial charge in [-0.25, -0.2) is 8.42 Å². The van der Waals surface area contributed by atoms with Crippen LogP contribution in [0.5, 0.6) is 0 Å². The van der Waals surface area contributed by atoms with Gasteiger partial charge in [-0.15, -0.1) is 35.3 Å². The molecule has 3 unspecified atom stereocenters. The number of likely N-dealkylation sites (tertiary alicyclic amines) is 1. The third kappa shape index (κ3) is 6.97. The van der Waals surface area contributed by atoms with E-state index in [9.17, 15) is 13.5 Å². The van der Waals surface area contributed by atoms with Crippen molar-refractivity contribution in [2.24, 2.45) is 16.8 Å². The molecule has 2 heterocycles. The first kappa shape index (κ1) is 23.6. The molecule has 9 heteroatoms. The van der Waals surface area contributed by atoms with Crippen molar-refractivity contribution in [3.63, 3.8) is 0 Å². The van der Waals surface area contributed by atoms with Gasteiger partial charge in [0.2, 0.25) is 0 Å². The van der Waals surface area contributed by atoms with Crippen molar-refractivity contribution in [2.45, 2.75) is 37.5 Å². The van der Waals surface area contributed by atoms with Gasteiger partial charge in [0, 0.05) is 19.6 Å². The molecule has 0 aromatic carbocycles. The van der Waals surface area contributed by atoms with E-state index in [1.165, 1.54) is 17.8 Å². The van der Waals surface area contributed by atoms with Crippen LogP contribution in [0.15, 0.2) is 26.7 Å². The number of hydrogen-bond donors (Lipinski definition) is 2. The zero-order valence-corrected chi connectivity index (χ0v) is 19.6. The molecule has 2 rings (SSSR count). The number of nitrogens with zero attached hydrogens (tertiary/aromatic N) is 2. The number of aliphatic imine (C=N–C) groups is 1. The van der Waals surface area contributed by atoms with E-state index in [1.54, 1.807) is 17.5 Å². The number of aliphatic hydroxyl groups is 1. The molecule has 0 amide bonds. The zero-order valence-electron chi connectivity index (χ0n) is 15.6. The van der Waals surface area contributed by atoms with Gasteiger partial charge in [0.1, 0.15) is 4.21 Å². The van der Waals surface area contributed by atoms with Crippen LogP contribution < -0.4 is 5.32 Å². The predicted octanol–water partition coefficient (Wildman–Crippen LogP) is 2.44. The highest BCUT2D eigenvalue weighted by Gasteiger charge is 2.25. The van der Waals surface area contributed by atoms with Gasteiger partial charge in [-0.1, -0.05) is 19.9 Å². The van der Waals surface area contributed by atoms with Crippen molar-refractivity contribution in [3.8, 4) is 0 Å². The van der Waals surface area contributed by atoms with Gasteiger partial charge in [0.15, 0.2) is 15.8 Å². The first-order chi connectivity index (χ1) is 11.8. The maximum absolute atomic E-state index is 12.2. The molecular formula is C17H30IN3O3S2. The van der Waals surface area contributed by atoms with E-state index in [0.29, 0.717) is 16.0 Å². The molecule has 0 radical (unpaired) electrons. The lowest BCUT2D eigenvalue weighted by molar-refractivity contribution is 0.197. The molecule has 150 valence electrons. The molecule has 0 bridgehead atoms. The second-order valence-corrected chi connectivity index (χ2v) is 10.1. The average Bonchev–Trinajstić information content (AvgIpc) is 3.05. The number of hydrogen-bond acceptors (Lipinski definition) is 5. The van der Waals surface area contributed by atoms with Crippen molar-refractivity contribution in [3.05, 3.63) is 17.5 Å². The largest absolute Gasteiger partial charge is 0.390 e. The Morgan fingerprint density at radius 3 is 2.62 bits per heavy atom. The standard InChI is InChI=1S/C17H29N3O3S2.HI/c1-4-18-17(20-10-13(2)8-14(3)11-20)19-9-15(21)12-25(22,23)16-6-5-7-24-16;/h5-7,13-15,21H,4,8-12H2,1-3H3,(H,18,19);1H. The van der Waals surface area contributed by atoms with E-state index in [0.717, 1.165) is 25.6 Å². The molecule has 0 spiro atoms. The number of thiophene rings is 1. The quantitative estimate of drug-likeness (QED) is 0.346. The topological polar surface area (TPSA) is 82.0 Å². The van der Waals surface area contributed by atoms with Gasteiger partial charge >= 0.3 is 0 Å². The van der Waals surface area contributed by atoms with Crippen LogP contribution >= 0.6 is 35.3 Å². The lowest BCUT2D eigenvalue weighted by Crippen LogP contribution is -2.48. The molecule has 1 fully saturated rings. The molecule has 1 aliphatic heterocycles. The van der Waals surface area contributed by atoms with Gasteiger partial charge < -0.3 is 15.3 Å². The molecule has 26 heavy (non-hydrogen) atoms.